The number of halogens is 5. The van der Waals surface area contributed by atoms with Gasteiger partial charge in [-0.25, -0.2) is 27.9 Å². The molecule has 2 atom stereocenters. The minimum atomic E-state index is -4.43. The Morgan fingerprint density at radius 3 is 2.44 bits per heavy atom. The number of hydrogen-bond acceptors (Lipinski definition) is 6. The second kappa shape index (κ2) is 11.0. The number of nitrogens with two attached hydrogens (primary N) is 1. The molecule has 0 bridgehead atoms. The molecule has 0 unspecified atom stereocenters. The van der Waals surface area contributed by atoms with Crippen LogP contribution < -0.4 is 11.1 Å². The highest BCUT2D eigenvalue weighted by Gasteiger charge is 2.41. The van der Waals surface area contributed by atoms with Crippen LogP contribution in [0.3, 0.4) is 0 Å². The summed E-state index contributed by atoms with van der Waals surface area (Å²) in [5.74, 6) is -4.80. The van der Waals surface area contributed by atoms with Crippen LogP contribution in [0.1, 0.15) is 98.0 Å². The first-order valence-electron chi connectivity index (χ1n) is 13.7. The van der Waals surface area contributed by atoms with E-state index in [9.17, 15) is 31.5 Å². The van der Waals surface area contributed by atoms with Gasteiger partial charge in [0.2, 0.25) is 17.7 Å². The van der Waals surface area contributed by atoms with Crippen molar-refractivity contribution in [1.29, 1.82) is 0 Å². The lowest BCUT2D eigenvalue weighted by molar-refractivity contribution is -0.144. The summed E-state index contributed by atoms with van der Waals surface area (Å²) in [7, 11) is 0. The number of carbonyl (C=O) groups is 2. The van der Waals surface area contributed by atoms with Gasteiger partial charge in [-0.3, -0.25) is 9.59 Å². The van der Waals surface area contributed by atoms with E-state index in [-0.39, 0.29) is 49.2 Å². The van der Waals surface area contributed by atoms with Crippen LogP contribution in [0.5, 0.6) is 0 Å². The molecule has 0 aliphatic heterocycles. The third-order valence-corrected chi connectivity index (χ3v) is 7.80. The maximum absolute atomic E-state index is 14.0. The van der Waals surface area contributed by atoms with Crippen molar-refractivity contribution in [3.8, 4) is 0 Å². The van der Waals surface area contributed by atoms with Crippen molar-refractivity contribution in [3.63, 3.8) is 0 Å². The zero-order valence-corrected chi connectivity index (χ0v) is 22.4. The lowest BCUT2D eigenvalue weighted by Gasteiger charge is -2.31. The van der Waals surface area contributed by atoms with Crippen LogP contribution in [0.15, 0.2) is 18.5 Å². The van der Waals surface area contributed by atoms with Crippen molar-refractivity contribution < 1.29 is 31.5 Å². The summed E-state index contributed by atoms with van der Waals surface area (Å²) in [4.78, 5) is 33.4. The Hall–Kier alpha value is -3.65. The van der Waals surface area contributed by atoms with Crippen molar-refractivity contribution in [2.24, 2.45) is 17.6 Å². The quantitative estimate of drug-likeness (QED) is 0.343. The molecule has 0 saturated heterocycles. The highest BCUT2D eigenvalue weighted by Crippen LogP contribution is 2.44. The van der Waals surface area contributed by atoms with Crippen LogP contribution in [0.4, 0.5) is 22.0 Å². The van der Waals surface area contributed by atoms with E-state index in [0.717, 1.165) is 12.8 Å². The van der Waals surface area contributed by atoms with Gasteiger partial charge < -0.3 is 11.1 Å². The summed E-state index contributed by atoms with van der Waals surface area (Å²) in [5, 5.41) is 11.6. The van der Waals surface area contributed by atoms with Crippen molar-refractivity contribution in [2.45, 2.75) is 88.9 Å². The third-order valence-electron chi connectivity index (χ3n) is 7.80. The molecule has 2 fully saturated rings. The first-order chi connectivity index (χ1) is 19.3. The van der Waals surface area contributed by atoms with Gasteiger partial charge in [-0.05, 0) is 56.1 Å². The molecule has 41 heavy (non-hydrogen) atoms. The molecule has 5 rings (SSSR count). The minimum Gasteiger partial charge on any atom is -0.363 e. The predicted molar refractivity (Wildman–Crippen MR) is 135 cm³/mol. The molecule has 0 spiro atoms. The number of carbonyl (C=O) groups excluding carboxylic acids is 2. The van der Waals surface area contributed by atoms with Crippen LogP contribution in [-0.4, -0.2) is 53.3 Å². The van der Waals surface area contributed by atoms with Gasteiger partial charge in [-0.15, -0.1) is 0 Å². The minimum absolute atomic E-state index is 0.0358. The van der Waals surface area contributed by atoms with Gasteiger partial charge in [0.25, 0.3) is 5.91 Å². The Morgan fingerprint density at radius 2 is 1.85 bits per heavy atom. The van der Waals surface area contributed by atoms with E-state index in [1.807, 2.05) is 0 Å². The zero-order valence-electron chi connectivity index (χ0n) is 22.4. The number of amides is 2. The van der Waals surface area contributed by atoms with E-state index in [4.69, 9.17) is 10.7 Å². The van der Waals surface area contributed by atoms with E-state index in [0.29, 0.717) is 23.4 Å². The molecular formula is C26H31F5N8O2. The predicted octanol–water partition coefficient (Wildman–Crippen LogP) is 4.31. The molecule has 3 aromatic rings. The molecule has 0 aromatic carbocycles. The number of alkyl halides is 5. The Bertz CT molecular complexity index is 1420. The fourth-order valence-corrected chi connectivity index (χ4v) is 5.51. The molecule has 3 aromatic heterocycles. The van der Waals surface area contributed by atoms with Crippen LogP contribution in [0.25, 0.3) is 5.65 Å². The highest BCUT2D eigenvalue weighted by molar-refractivity contribution is 5.89. The van der Waals surface area contributed by atoms with E-state index in [1.165, 1.54) is 15.4 Å². The van der Waals surface area contributed by atoms with Crippen LogP contribution in [0.2, 0.25) is 0 Å². The lowest BCUT2D eigenvalue weighted by atomic mass is 9.77. The Balaban J connectivity index is 1.46. The van der Waals surface area contributed by atoms with Crippen molar-refractivity contribution >= 4 is 17.5 Å². The van der Waals surface area contributed by atoms with E-state index >= 15 is 0 Å². The fourth-order valence-electron chi connectivity index (χ4n) is 5.51. The Labute approximate surface area is 231 Å². The van der Waals surface area contributed by atoms with E-state index in [2.05, 4.69) is 20.5 Å². The fraction of sp³-hybridized carbons (Fsp3) is 0.615. The highest BCUT2D eigenvalue weighted by atomic mass is 19.4. The molecule has 2 aliphatic rings. The Kier molecular flexibility index (Phi) is 7.72. The number of primary amides is 1. The van der Waals surface area contributed by atoms with Gasteiger partial charge in [0.1, 0.15) is 0 Å². The number of fused-ring (bicyclic) bond motifs is 1. The number of nitrogens with zero attached hydrogens (tertiary/aromatic N) is 6. The molecule has 3 N–H and O–H groups in total. The summed E-state index contributed by atoms with van der Waals surface area (Å²) in [6, 6.07) is 1.20. The number of nitrogens with one attached hydrogen (secondary N) is 1. The zero-order chi connectivity index (χ0) is 29.5. The lowest BCUT2D eigenvalue weighted by Crippen LogP contribution is -2.30. The van der Waals surface area contributed by atoms with Crippen LogP contribution >= 0.6 is 0 Å². The normalized spacial score (nSPS) is 19.3. The van der Waals surface area contributed by atoms with Crippen LogP contribution in [0, 0.1) is 11.8 Å². The average molecular weight is 583 g/mol. The third kappa shape index (κ3) is 6.64. The topological polar surface area (TPSA) is 133 Å². The standard InChI is InChI=1S/C26H31F5N8O2/c1-2-38-24(22(32)41)36-23(37-38)20(14-5-8-25(27,28)9-6-14)17-13-39-18(34-17)11-16(12-33-39)21(15-3-4-15)35-19(40)7-10-26(29,30)31/h11-15,20-21H,2-10H2,1H3,(H2,32,41)(H,35,40)/t20-,21+/m0/s1. The summed E-state index contributed by atoms with van der Waals surface area (Å²) in [6.45, 7) is 2.10. The van der Waals surface area contributed by atoms with E-state index < -0.39 is 48.7 Å². The van der Waals surface area contributed by atoms with Gasteiger partial charge in [0.15, 0.2) is 11.5 Å². The van der Waals surface area contributed by atoms with Crippen molar-refractivity contribution in [2.75, 3.05) is 0 Å². The average Bonchev–Trinajstić information content (AvgIpc) is 3.51. The molecule has 3 heterocycles. The van der Waals surface area contributed by atoms with Gasteiger partial charge in [0, 0.05) is 25.8 Å². The van der Waals surface area contributed by atoms with Gasteiger partial charge in [0.05, 0.1) is 36.5 Å². The van der Waals surface area contributed by atoms with Gasteiger partial charge in [-0.2, -0.15) is 23.4 Å². The first kappa shape index (κ1) is 28.9. The molecule has 0 radical (unpaired) electrons. The molecular weight excluding hydrogens is 551 g/mol. The number of aryl methyl sites for hydroxylation is 1. The largest absolute Gasteiger partial charge is 0.389 e. The second-order valence-corrected chi connectivity index (χ2v) is 10.9. The molecule has 2 amide bonds. The molecule has 2 saturated carbocycles. The second-order valence-electron chi connectivity index (χ2n) is 10.9. The number of imidazole rings is 1. The maximum atomic E-state index is 14.0. The summed E-state index contributed by atoms with van der Waals surface area (Å²) < 4.78 is 68.7. The molecule has 15 heteroatoms. The molecule has 10 nitrogen and oxygen atoms in total. The smallest absolute Gasteiger partial charge is 0.363 e. The number of aromatic nitrogens is 6. The van der Waals surface area contributed by atoms with Crippen LogP contribution in [-0.2, 0) is 11.3 Å². The molecule has 222 valence electrons. The maximum Gasteiger partial charge on any atom is 0.389 e. The number of rotatable bonds is 10. The van der Waals surface area contributed by atoms with Crippen molar-refractivity contribution in [1.82, 2.24) is 34.7 Å². The summed E-state index contributed by atoms with van der Waals surface area (Å²) in [6.07, 6.45) is -1.66. The van der Waals surface area contributed by atoms with Crippen molar-refractivity contribution in [3.05, 3.63) is 41.4 Å². The molecule has 2 aliphatic carbocycles. The summed E-state index contributed by atoms with van der Waals surface area (Å²) >= 11 is 0. The monoisotopic (exact) mass is 582 g/mol. The van der Waals surface area contributed by atoms with Gasteiger partial charge in [-0.1, -0.05) is 0 Å². The van der Waals surface area contributed by atoms with Gasteiger partial charge >= 0.3 is 6.18 Å². The van der Waals surface area contributed by atoms with E-state index in [1.54, 1.807) is 19.2 Å². The number of hydrogen-bond donors (Lipinski definition) is 2. The SMILES string of the molecule is CCn1nc([C@H](c2cn3ncc([C@H](NC(=O)CCC(F)(F)F)C4CC4)cc3n2)C2CCC(F)(F)CC2)nc1C(N)=O. The Morgan fingerprint density at radius 1 is 1.15 bits per heavy atom. The first-order valence-corrected chi connectivity index (χ1v) is 13.7. The summed E-state index contributed by atoms with van der Waals surface area (Å²) in [5.41, 5.74) is 6.98.